The van der Waals surface area contributed by atoms with Crippen LogP contribution in [0.5, 0.6) is 0 Å². The first-order valence-corrected chi connectivity index (χ1v) is 4.19. The molecule has 0 saturated heterocycles. The molecule has 0 heterocycles. The molecule has 0 amide bonds. The Morgan fingerprint density at radius 3 is 2.78 bits per heavy atom. The standard InChI is InChI=1S/C7H8BrCl/c1-5-4-6(9)2-3-7(5)8/h2-5,7H,1H3. The molecule has 0 spiro atoms. The summed E-state index contributed by atoms with van der Waals surface area (Å²) in [5.41, 5.74) is 0. The highest BCUT2D eigenvalue weighted by Gasteiger charge is 2.11. The summed E-state index contributed by atoms with van der Waals surface area (Å²) in [7, 11) is 0. The van der Waals surface area contributed by atoms with Gasteiger partial charge in [0.05, 0.1) is 0 Å². The normalized spacial score (nSPS) is 34.3. The van der Waals surface area contributed by atoms with Crippen LogP contribution in [0.3, 0.4) is 0 Å². The van der Waals surface area contributed by atoms with Crippen LogP contribution < -0.4 is 0 Å². The van der Waals surface area contributed by atoms with E-state index in [0.29, 0.717) is 10.7 Å². The van der Waals surface area contributed by atoms with Gasteiger partial charge in [0.15, 0.2) is 0 Å². The lowest BCUT2D eigenvalue weighted by atomic mass is 10.0. The zero-order chi connectivity index (χ0) is 6.85. The lowest BCUT2D eigenvalue weighted by Crippen LogP contribution is -2.07. The van der Waals surface area contributed by atoms with E-state index in [2.05, 4.69) is 28.9 Å². The monoisotopic (exact) mass is 206 g/mol. The number of halogens is 2. The molecule has 0 fully saturated rings. The van der Waals surface area contributed by atoms with Gasteiger partial charge in [0, 0.05) is 9.86 Å². The van der Waals surface area contributed by atoms with Crippen molar-refractivity contribution in [3.63, 3.8) is 0 Å². The van der Waals surface area contributed by atoms with Crippen LogP contribution in [0, 0.1) is 5.92 Å². The maximum atomic E-state index is 5.73. The van der Waals surface area contributed by atoms with Crippen molar-refractivity contribution in [3.8, 4) is 0 Å². The lowest BCUT2D eigenvalue weighted by molar-refractivity contribution is 0.760. The van der Waals surface area contributed by atoms with E-state index in [1.54, 1.807) is 0 Å². The maximum Gasteiger partial charge on any atom is 0.0389 e. The Morgan fingerprint density at radius 2 is 2.33 bits per heavy atom. The molecule has 0 aromatic heterocycles. The van der Waals surface area contributed by atoms with Gasteiger partial charge in [-0.2, -0.15) is 0 Å². The van der Waals surface area contributed by atoms with Crippen molar-refractivity contribution >= 4 is 27.5 Å². The van der Waals surface area contributed by atoms with Crippen molar-refractivity contribution in [2.45, 2.75) is 11.8 Å². The summed E-state index contributed by atoms with van der Waals surface area (Å²) < 4.78 is 0. The van der Waals surface area contributed by atoms with Crippen molar-refractivity contribution in [3.05, 3.63) is 23.3 Å². The fourth-order valence-corrected chi connectivity index (χ4v) is 1.33. The number of alkyl halides is 1. The van der Waals surface area contributed by atoms with Gasteiger partial charge in [-0.15, -0.1) is 0 Å². The Kier molecular flexibility index (Phi) is 2.36. The van der Waals surface area contributed by atoms with E-state index in [1.807, 2.05) is 12.2 Å². The molecule has 0 radical (unpaired) electrons. The summed E-state index contributed by atoms with van der Waals surface area (Å²) in [5.74, 6) is 0.516. The lowest BCUT2D eigenvalue weighted by Gasteiger charge is -2.14. The molecule has 2 atom stereocenters. The van der Waals surface area contributed by atoms with Gasteiger partial charge in [-0.25, -0.2) is 0 Å². The molecule has 50 valence electrons. The Bertz CT molecular complexity index is 160. The molecule has 1 aliphatic rings. The third kappa shape index (κ3) is 1.84. The van der Waals surface area contributed by atoms with E-state index in [1.165, 1.54) is 0 Å². The summed E-state index contributed by atoms with van der Waals surface area (Å²) in [4.78, 5) is 0.458. The van der Waals surface area contributed by atoms with Crippen LogP contribution in [0.4, 0.5) is 0 Å². The molecule has 9 heavy (non-hydrogen) atoms. The SMILES string of the molecule is CC1C=C(Cl)C=CC1Br. The predicted molar refractivity (Wildman–Crippen MR) is 45.0 cm³/mol. The molecule has 0 N–H and O–H groups in total. The summed E-state index contributed by atoms with van der Waals surface area (Å²) in [6, 6.07) is 0. The molecule has 0 saturated carbocycles. The summed E-state index contributed by atoms with van der Waals surface area (Å²) in [6.45, 7) is 2.13. The van der Waals surface area contributed by atoms with Crippen LogP contribution in [-0.2, 0) is 0 Å². The van der Waals surface area contributed by atoms with Crippen LogP contribution in [0.25, 0.3) is 0 Å². The van der Waals surface area contributed by atoms with Crippen molar-refractivity contribution in [1.29, 1.82) is 0 Å². The van der Waals surface area contributed by atoms with E-state index in [0.717, 1.165) is 5.03 Å². The zero-order valence-corrected chi connectivity index (χ0v) is 7.48. The minimum absolute atomic E-state index is 0.458. The van der Waals surface area contributed by atoms with Gasteiger partial charge in [-0.05, 0) is 12.0 Å². The minimum Gasteiger partial charge on any atom is -0.0847 e. The van der Waals surface area contributed by atoms with Gasteiger partial charge in [0.2, 0.25) is 0 Å². The van der Waals surface area contributed by atoms with E-state index in [4.69, 9.17) is 11.6 Å². The van der Waals surface area contributed by atoms with Gasteiger partial charge < -0.3 is 0 Å². The molecular formula is C7H8BrCl. The summed E-state index contributed by atoms with van der Waals surface area (Å²) in [6.07, 6.45) is 6.02. The largest absolute Gasteiger partial charge is 0.0847 e. The average Bonchev–Trinajstić information content (AvgIpc) is 1.80. The van der Waals surface area contributed by atoms with Crippen LogP contribution >= 0.6 is 27.5 Å². The Hall–Kier alpha value is 0.250. The van der Waals surface area contributed by atoms with Gasteiger partial charge >= 0.3 is 0 Å². The van der Waals surface area contributed by atoms with Crippen LogP contribution in [-0.4, -0.2) is 4.83 Å². The van der Waals surface area contributed by atoms with Crippen LogP contribution in [0.1, 0.15) is 6.92 Å². The zero-order valence-electron chi connectivity index (χ0n) is 5.14. The highest BCUT2D eigenvalue weighted by Crippen LogP contribution is 2.23. The number of rotatable bonds is 0. The van der Waals surface area contributed by atoms with Gasteiger partial charge in [0.1, 0.15) is 0 Å². The maximum absolute atomic E-state index is 5.73. The van der Waals surface area contributed by atoms with Crippen LogP contribution in [0.2, 0.25) is 0 Å². The molecule has 2 heteroatoms. The summed E-state index contributed by atoms with van der Waals surface area (Å²) >= 11 is 9.22. The molecule has 0 nitrogen and oxygen atoms in total. The van der Waals surface area contributed by atoms with Crippen molar-refractivity contribution < 1.29 is 0 Å². The number of allylic oxidation sites excluding steroid dienone is 4. The highest BCUT2D eigenvalue weighted by molar-refractivity contribution is 9.09. The molecule has 1 aliphatic carbocycles. The van der Waals surface area contributed by atoms with E-state index < -0.39 is 0 Å². The van der Waals surface area contributed by atoms with Crippen molar-refractivity contribution in [1.82, 2.24) is 0 Å². The van der Waals surface area contributed by atoms with Gasteiger partial charge in [-0.1, -0.05) is 46.6 Å². The second-order valence-electron chi connectivity index (χ2n) is 2.21. The first-order valence-electron chi connectivity index (χ1n) is 2.90. The Balaban J connectivity index is 2.70. The highest BCUT2D eigenvalue weighted by atomic mass is 79.9. The Morgan fingerprint density at radius 1 is 1.67 bits per heavy atom. The van der Waals surface area contributed by atoms with Gasteiger partial charge in [0.25, 0.3) is 0 Å². The topological polar surface area (TPSA) is 0 Å². The van der Waals surface area contributed by atoms with Gasteiger partial charge in [-0.3, -0.25) is 0 Å². The fourth-order valence-electron chi connectivity index (χ4n) is 0.758. The minimum atomic E-state index is 0.458. The quantitative estimate of drug-likeness (QED) is 0.536. The fraction of sp³-hybridized carbons (Fsp3) is 0.429. The molecule has 0 aromatic rings. The second-order valence-corrected chi connectivity index (χ2v) is 3.71. The van der Waals surface area contributed by atoms with Crippen molar-refractivity contribution in [2.24, 2.45) is 5.92 Å². The molecule has 0 aromatic carbocycles. The molecule has 1 rings (SSSR count). The van der Waals surface area contributed by atoms with E-state index in [-0.39, 0.29) is 0 Å². The first kappa shape index (κ1) is 7.36. The molecular weight excluding hydrogens is 199 g/mol. The number of hydrogen-bond donors (Lipinski definition) is 0. The second kappa shape index (κ2) is 2.89. The molecule has 0 bridgehead atoms. The third-order valence-electron chi connectivity index (χ3n) is 1.36. The third-order valence-corrected chi connectivity index (χ3v) is 2.75. The molecule has 0 aliphatic heterocycles. The first-order chi connectivity index (χ1) is 4.20. The van der Waals surface area contributed by atoms with E-state index >= 15 is 0 Å². The Labute approximate surface area is 68.7 Å². The smallest absolute Gasteiger partial charge is 0.0389 e. The average molecular weight is 207 g/mol. The number of hydrogen-bond acceptors (Lipinski definition) is 0. The summed E-state index contributed by atoms with van der Waals surface area (Å²) in [5, 5.41) is 0.846. The molecule has 2 unspecified atom stereocenters. The van der Waals surface area contributed by atoms with E-state index in [9.17, 15) is 0 Å². The van der Waals surface area contributed by atoms with Crippen molar-refractivity contribution in [2.75, 3.05) is 0 Å². The van der Waals surface area contributed by atoms with Crippen LogP contribution in [0.15, 0.2) is 23.3 Å². The predicted octanol–water partition coefficient (Wildman–Crippen LogP) is 3.08.